The van der Waals surface area contributed by atoms with Gasteiger partial charge in [-0.3, -0.25) is 4.79 Å². The Morgan fingerprint density at radius 3 is 2.38 bits per heavy atom. The molecule has 0 aliphatic heterocycles. The molecule has 24 heavy (non-hydrogen) atoms. The van der Waals surface area contributed by atoms with E-state index >= 15 is 0 Å². The minimum Gasteiger partial charge on any atom is -0.493 e. The Bertz CT molecular complexity index is 513. The minimum absolute atomic E-state index is 0. The predicted octanol–water partition coefficient (Wildman–Crippen LogP) is 3.24. The maximum absolute atomic E-state index is 12.9. The second kappa shape index (κ2) is 9.28. The number of halogens is 1. The molecule has 0 radical (unpaired) electrons. The van der Waals surface area contributed by atoms with Gasteiger partial charge in [0.1, 0.15) is 5.75 Å². The van der Waals surface area contributed by atoms with E-state index in [2.05, 4.69) is 31.3 Å². The summed E-state index contributed by atoms with van der Waals surface area (Å²) in [6, 6.07) is 8.13. The quantitative estimate of drug-likeness (QED) is 0.779. The number of nitrogens with one attached hydrogen (secondary N) is 1. The first-order chi connectivity index (χ1) is 11.0. The number of rotatable bonds is 8. The molecule has 1 aliphatic rings. The zero-order valence-electron chi connectivity index (χ0n) is 15.3. The summed E-state index contributed by atoms with van der Waals surface area (Å²) in [7, 11) is 3.81. The van der Waals surface area contributed by atoms with Crippen molar-refractivity contribution in [3.63, 3.8) is 0 Å². The van der Waals surface area contributed by atoms with Gasteiger partial charge in [-0.15, -0.1) is 12.4 Å². The second-order valence-electron chi connectivity index (χ2n) is 7.00. The Morgan fingerprint density at radius 2 is 1.92 bits per heavy atom. The summed E-state index contributed by atoms with van der Waals surface area (Å²) >= 11 is 0. The minimum atomic E-state index is -0.320. The van der Waals surface area contributed by atoms with E-state index in [0.717, 1.165) is 50.3 Å². The third-order valence-corrected chi connectivity index (χ3v) is 4.65. The number of ether oxygens (including phenoxy) is 1. The molecule has 1 fully saturated rings. The van der Waals surface area contributed by atoms with Crippen LogP contribution in [0.15, 0.2) is 24.3 Å². The van der Waals surface area contributed by atoms with E-state index in [-0.39, 0.29) is 23.7 Å². The first kappa shape index (κ1) is 20.8. The molecule has 0 atom stereocenters. The molecular formula is C19H31ClN2O2. The molecule has 0 saturated heterocycles. The molecule has 1 saturated carbocycles. The topological polar surface area (TPSA) is 41.6 Å². The average Bonchev–Trinajstić information content (AvgIpc) is 2.50. The summed E-state index contributed by atoms with van der Waals surface area (Å²) in [5, 5.41) is 3.10. The van der Waals surface area contributed by atoms with E-state index in [4.69, 9.17) is 4.74 Å². The van der Waals surface area contributed by atoms with Crippen molar-refractivity contribution in [1.29, 1.82) is 0 Å². The van der Waals surface area contributed by atoms with Gasteiger partial charge in [-0.1, -0.05) is 32.4 Å². The fourth-order valence-corrected chi connectivity index (χ4v) is 3.04. The summed E-state index contributed by atoms with van der Waals surface area (Å²) in [6.07, 6.45) is 3.01. The zero-order valence-corrected chi connectivity index (χ0v) is 16.1. The third-order valence-electron chi connectivity index (χ3n) is 4.65. The van der Waals surface area contributed by atoms with Crippen molar-refractivity contribution in [2.75, 3.05) is 33.8 Å². The Morgan fingerprint density at radius 1 is 1.29 bits per heavy atom. The molecule has 1 N–H and O–H groups in total. The lowest BCUT2D eigenvalue weighted by molar-refractivity contribution is -0.139. The average molecular weight is 355 g/mol. The summed E-state index contributed by atoms with van der Waals surface area (Å²) in [5.74, 6) is 1.64. The van der Waals surface area contributed by atoms with Crippen LogP contribution in [0.1, 0.15) is 38.7 Å². The van der Waals surface area contributed by atoms with Crippen LogP contribution in [0, 0.1) is 5.92 Å². The highest BCUT2D eigenvalue weighted by atomic mass is 35.5. The van der Waals surface area contributed by atoms with Crippen LogP contribution in [0.3, 0.4) is 0 Å². The van der Waals surface area contributed by atoms with Gasteiger partial charge in [0.15, 0.2) is 0 Å². The predicted molar refractivity (Wildman–Crippen MR) is 101 cm³/mol. The van der Waals surface area contributed by atoms with Gasteiger partial charge in [0.2, 0.25) is 5.91 Å². The van der Waals surface area contributed by atoms with Gasteiger partial charge in [-0.05, 0) is 43.5 Å². The molecule has 136 valence electrons. The van der Waals surface area contributed by atoms with Crippen molar-refractivity contribution in [3.05, 3.63) is 29.8 Å². The maximum atomic E-state index is 12.9. The van der Waals surface area contributed by atoms with Crippen molar-refractivity contribution in [2.24, 2.45) is 5.92 Å². The smallest absolute Gasteiger partial charge is 0.233 e. The summed E-state index contributed by atoms with van der Waals surface area (Å²) in [4.78, 5) is 14.8. The third kappa shape index (κ3) is 4.64. The SMILES string of the molecule is CNCCN(C)C(=O)C1(c2ccc(OCC(C)C)cc2)CCC1.Cl. The van der Waals surface area contributed by atoms with Crippen LogP contribution in [-0.2, 0) is 10.2 Å². The first-order valence-electron chi connectivity index (χ1n) is 8.63. The van der Waals surface area contributed by atoms with Crippen LogP contribution >= 0.6 is 12.4 Å². The Balaban J connectivity index is 0.00000288. The van der Waals surface area contributed by atoms with Crippen LogP contribution in [0.25, 0.3) is 0 Å². The van der Waals surface area contributed by atoms with Gasteiger partial charge < -0.3 is 15.0 Å². The summed E-state index contributed by atoms with van der Waals surface area (Å²) in [6.45, 7) is 6.55. The van der Waals surface area contributed by atoms with Crippen LogP contribution < -0.4 is 10.1 Å². The lowest BCUT2D eigenvalue weighted by Crippen LogP contribution is -2.50. The van der Waals surface area contributed by atoms with Crippen molar-refractivity contribution < 1.29 is 9.53 Å². The maximum Gasteiger partial charge on any atom is 0.233 e. The molecule has 1 aliphatic carbocycles. The number of likely N-dealkylation sites (N-methyl/N-ethyl adjacent to an activating group) is 2. The van der Waals surface area contributed by atoms with Gasteiger partial charge in [0.05, 0.1) is 12.0 Å². The first-order valence-corrected chi connectivity index (χ1v) is 8.63. The van der Waals surface area contributed by atoms with Crippen LogP contribution in [-0.4, -0.2) is 44.6 Å². The lowest BCUT2D eigenvalue weighted by atomic mass is 9.63. The molecule has 0 bridgehead atoms. The van der Waals surface area contributed by atoms with Gasteiger partial charge in [-0.2, -0.15) is 0 Å². The summed E-state index contributed by atoms with van der Waals surface area (Å²) < 4.78 is 5.74. The molecule has 4 nitrogen and oxygen atoms in total. The highest BCUT2D eigenvalue weighted by Gasteiger charge is 2.46. The number of hydrogen-bond acceptors (Lipinski definition) is 3. The highest BCUT2D eigenvalue weighted by Crippen LogP contribution is 2.45. The standard InChI is InChI=1S/C19H30N2O2.ClH/c1-15(2)14-23-17-8-6-16(7-9-17)19(10-5-11-19)18(22)21(4)13-12-20-3;/h6-9,15,20H,5,10-14H2,1-4H3;1H. The summed E-state index contributed by atoms with van der Waals surface area (Å²) in [5.41, 5.74) is 0.806. The van der Waals surface area contributed by atoms with Gasteiger partial charge >= 0.3 is 0 Å². The fourth-order valence-electron chi connectivity index (χ4n) is 3.04. The van der Waals surface area contributed by atoms with E-state index < -0.39 is 0 Å². The van der Waals surface area contributed by atoms with Crippen LogP contribution in [0.5, 0.6) is 5.75 Å². The monoisotopic (exact) mass is 354 g/mol. The Hall–Kier alpha value is -1.26. The lowest BCUT2D eigenvalue weighted by Gasteiger charge is -2.43. The van der Waals surface area contributed by atoms with Crippen molar-refractivity contribution in [3.8, 4) is 5.75 Å². The van der Waals surface area contributed by atoms with Crippen molar-refractivity contribution >= 4 is 18.3 Å². The van der Waals surface area contributed by atoms with Crippen LogP contribution in [0.2, 0.25) is 0 Å². The largest absolute Gasteiger partial charge is 0.493 e. The fraction of sp³-hybridized carbons (Fsp3) is 0.632. The van der Waals surface area contributed by atoms with Crippen LogP contribution in [0.4, 0.5) is 0 Å². The number of carbonyl (C=O) groups is 1. The highest BCUT2D eigenvalue weighted by molar-refractivity contribution is 5.89. The van der Waals surface area contributed by atoms with Gasteiger partial charge in [0.25, 0.3) is 0 Å². The Labute approximate surface area is 152 Å². The normalized spacial score (nSPS) is 15.4. The van der Waals surface area contributed by atoms with Gasteiger partial charge in [-0.25, -0.2) is 0 Å². The molecule has 1 aromatic carbocycles. The molecule has 2 rings (SSSR count). The van der Waals surface area contributed by atoms with Gasteiger partial charge in [0, 0.05) is 20.1 Å². The molecule has 1 amide bonds. The molecular weight excluding hydrogens is 324 g/mol. The zero-order chi connectivity index (χ0) is 16.9. The molecule has 0 heterocycles. The number of benzene rings is 1. The van der Waals surface area contributed by atoms with Crippen molar-refractivity contribution in [1.82, 2.24) is 10.2 Å². The van der Waals surface area contributed by atoms with E-state index in [0.29, 0.717) is 5.92 Å². The number of hydrogen-bond donors (Lipinski definition) is 1. The molecule has 1 aromatic rings. The van der Waals surface area contributed by atoms with E-state index in [1.165, 1.54) is 0 Å². The van der Waals surface area contributed by atoms with E-state index in [9.17, 15) is 4.79 Å². The molecule has 0 spiro atoms. The number of carbonyl (C=O) groups excluding carboxylic acids is 1. The van der Waals surface area contributed by atoms with E-state index in [1.807, 2.05) is 31.1 Å². The molecule has 0 unspecified atom stereocenters. The number of nitrogens with zero attached hydrogens (tertiary/aromatic N) is 1. The van der Waals surface area contributed by atoms with E-state index in [1.54, 1.807) is 0 Å². The Kier molecular flexibility index (Phi) is 8.04. The molecule has 0 aromatic heterocycles. The second-order valence-corrected chi connectivity index (χ2v) is 7.00. The number of amides is 1. The van der Waals surface area contributed by atoms with Crippen molar-refractivity contribution in [2.45, 2.75) is 38.5 Å². The molecule has 5 heteroatoms.